The molecule has 9 heteroatoms. The van der Waals surface area contributed by atoms with E-state index in [2.05, 4.69) is 84.0 Å². The number of hydrogen-bond acceptors (Lipinski definition) is 6. The third-order valence-electron chi connectivity index (χ3n) is 10.2. The van der Waals surface area contributed by atoms with Crippen molar-refractivity contribution in [1.82, 2.24) is 0 Å². The molecule has 4 aliphatic rings. The Bertz CT molecular complexity index is 1040. The molecule has 0 N–H and O–H groups in total. The Kier molecular flexibility index (Phi) is 8.76. The van der Waals surface area contributed by atoms with Crippen LogP contribution < -0.4 is 0 Å². The minimum Gasteiger partial charge on any atom is -0.415 e. The summed E-state index contributed by atoms with van der Waals surface area (Å²) in [6, 6.07) is 0. The number of fused-ring (bicyclic) bond motifs is 5. The number of oxime groups is 1. The highest BCUT2D eigenvalue weighted by Crippen LogP contribution is 2.68. The van der Waals surface area contributed by atoms with Gasteiger partial charge in [-0.1, -0.05) is 24.6 Å². The second-order valence-corrected chi connectivity index (χ2v) is 29.9. The second kappa shape index (κ2) is 10.8. The fourth-order valence-electron chi connectivity index (χ4n) is 8.93. The number of ketones is 1. The van der Waals surface area contributed by atoms with Crippen molar-refractivity contribution in [3.8, 4) is 0 Å². The lowest BCUT2D eigenvalue weighted by atomic mass is 9.45. The predicted octanol–water partition coefficient (Wildman–Crippen LogP) is 7.79. The summed E-state index contributed by atoms with van der Waals surface area (Å²) in [5.41, 5.74) is 1.55. The summed E-state index contributed by atoms with van der Waals surface area (Å²) in [7, 11) is -4.12. The zero-order valence-corrected chi connectivity index (χ0v) is 30.5. The van der Waals surface area contributed by atoms with Gasteiger partial charge in [-0.25, -0.2) is 0 Å². The van der Waals surface area contributed by atoms with Crippen molar-refractivity contribution >= 4 is 36.4 Å². The van der Waals surface area contributed by atoms with Gasteiger partial charge in [0.1, 0.15) is 12.9 Å². The van der Waals surface area contributed by atoms with Crippen molar-refractivity contribution < 1.29 is 22.9 Å². The van der Waals surface area contributed by atoms with Crippen molar-refractivity contribution in [2.45, 2.75) is 129 Å². The van der Waals surface area contributed by atoms with Gasteiger partial charge in [0.05, 0.1) is 24.0 Å². The van der Waals surface area contributed by atoms with E-state index in [1.165, 1.54) is 5.57 Å². The van der Waals surface area contributed by atoms with Crippen LogP contribution >= 0.6 is 0 Å². The second-order valence-electron chi connectivity index (χ2n) is 16.5. The Balaban J connectivity index is 1.77. The molecule has 7 atom stereocenters. The molecule has 7 unspecified atom stereocenters. The molecule has 228 valence electrons. The van der Waals surface area contributed by atoms with Gasteiger partial charge in [-0.15, -0.1) is 0 Å². The quantitative estimate of drug-likeness (QED) is 0.198. The molecule has 0 aromatic heterocycles. The van der Waals surface area contributed by atoms with Gasteiger partial charge >= 0.3 is 0 Å². The Morgan fingerprint density at radius 3 is 2.20 bits per heavy atom. The standard InChI is InChI=1S/C31H57NO5Si3/c1-29-17-15-23(32-34-3)19-22(29)13-14-24-25-16-18-31(37-40(10,11)12,30(25,2)20-26(33)28(24)29)27(36-39(7,8)9)21-35-38(4,5)6/h19,24-25,27-28H,13-18,20-21H2,1-12H3. The summed E-state index contributed by atoms with van der Waals surface area (Å²) in [4.78, 5) is 19.6. The van der Waals surface area contributed by atoms with Crippen LogP contribution in [0.25, 0.3) is 0 Å². The number of allylic oxidation sites excluding steroid dienone is 2. The molecule has 3 fully saturated rings. The van der Waals surface area contributed by atoms with Crippen LogP contribution in [0, 0.1) is 28.6 Å². The molecular weight excluding hydrogens is 551 g/mol. The third-order valence-corrected chi connectivity index (χ3v) is 13.2. The zero-order valence-electron chi connectivity index (χ0n) is 27.5. The number of carbonyl (C=O) groups excluding carboxylic acids is 1. The van der Waals surface area contributed by atoms with E-state index in [4.69, 9.17) is 18.1 Å². The van der Waals surface area contributed by atoms with Gasteiger partial charge in [-0.05, 0) is 121 Å². The Labute approximate surface area is 247 Å². The molecule has 4 rings (SSSR count). The van der Waals surface area contributed by atoms with E-state index >= 15 is 0 Å². The molecule has 0 saturated heterocycles. The van der Waals surface area contributed by atoms with Gasteiger partial charge < -0.3 is 18.1 Å². The van der Waals surface area contributed by atoms with Gasteiger partial charge in [0.25, 0.3) is 0 Å². The molecule has 0 aromatic carbocycles. The smallest absolute Gasteiger partial charge is 0.184 e. The van der Waals surface area contributed by atoms with E-state index in [0.29, 0.717) is 30.6 Å². The first kappa shape index (κ1) is 32.3. The van der Waals surface area contributed by atoms with Gasteiger partial charge in [-0.2, -0.15) is 0 Å². The molecule has 0 bridgehead atoms. The SMILES string of the molecule is CON=C1C=C2CCC3C(C(=O)CC4(C)C3CCC4(O[Si](C)(C)C)C(CO[Si](C)(C)C)O[Si](C)(C)C)C2(C)CC1. The summed E-state index contributed by atoms with van der Waals surface area (Å²) >= 11 is 0. The highest BCUT2D eigenvalue weighted by molar-refractivity contribution is 6.70. The van der Waals surface area contributed by atoms with Crippen molar-refractivity contribution in [2.75, 3.05) is 13.7 Å². The first-order valence-corrected chi connectivity index (χ1v) is 25.8. The van der Waals surface area contributed by atoms with Crippen LogP contribution in [0.3, 0.4) is 0 Å². The fraction of sp³-hybridized carbons (Fsp3) is 0.871. The maximum Gasteiger partial charge on any atom is 0.184 e. The van der Waals surface area contributed by atoms with Gasteiger partial charge in [0.2, 0.25) is 0 Å². The summed E-state index contributed by atoms with van der Waals surface area (Å²) in [5, 5.41) is 4.25. The number of hydrogen-bond donors (Lipinski definition) is 0. The zero-order chi connectivity index (χ0) is 29.9. The number of nitrogens with zero attached hydrogens (tertiary/aromatic N) is 1. The molecular formula is C31H57NO5Si3. The summed E-state index contributed by atoms with van der Waals surface area (Å²) in [5.74, 6) is 1.34. The molecule has 0 amide bonds. The molecule has 6 nitrogen and oxygen atoms in total. The highest BCUT2D eigenvalue weighted by atomic mass is 28.4. The average molecular weight is 608 g/mol. The van der Waals surface area contributed by atoms with Gasteiger partial charge in [0, 0.05) is 17.8 Å². The van der Waals surface area contributed by atoms with E-state index in [1.54, 1.807) is 7.11 Å². The van der Waals surface area contributed by atoms with Crippen LogP contribution in [0.4, 0.5) is 0 Å². The molecule has 0 heterocycles. The molecule has 4 aliphatic carbocycles. The molecule has 0 aliphatic heterocycles. The molecule has 40 heavy (non-hydrogen) atoms. The maximum absolute atomic E-state index is 14.5. The molecule has 0 aromatic rings. The van der Waals surface area contributed by atoms with Crippen LogP contribution in [-0.2, 0) is 22.9 Å². The lowest BCUT2D eigenvalue weighted by Gasteiger charge is -2.61. The first-order valence-electron chi connectivity index (χ1n) is 15.6. The van der Waals surface area contributed by atoms with E-state index in [0.717, 1.165) is 44.2 Å². The maximum atomic E-state index is 14.5. The van der Waals surface area contributed by atoms with Crippen molar-refractivity contribution in [2.24, 2.45) is 33.7 Å². The van der Waals surface area contributed by atoms with Gasteiger partial charge in [-0.3, -0.25) is 4.79 Å². The first-order chi connectivity index (χ1) is 18.2. The van der Waals surface area contributed by atoms with Crippen LogP contribution in [-0.4, -0.2) is 61.9 Å². The Morgan fingerprint density at radius 2 is 1.62 bits per heavy atom. The third kappa shape index (κ3) is 6.07. The molecule has 3 saturated carbocycles. The van der Waals surface area contributed by atoms with Crippen molar-refractivity contribution in [3.63, 3.8) is 0 Å². The van der Waals surface area contributed by atoms with Crippen molar-refractivity contribution in [3.05, 3.63) is 11.6 Å². The fourth-order valence-corrected chi connectivity index (χ4v) is 12.3. The van der Waals surface area contributed by atoms with Crippen LogP contribution in [0.1, 0.15) is 58.8 Å². The van der Waals surface area contributed by atoms with Gasteiger partial charge in [0.15, 0.2) is 25.0 Å². The highest BCUT2D eigenvalue weighted by Gasteiger charge is 2.70. The summed E-state index contributed by atoms with van der Waals surface area (Å²) in [6.45, 7) is 25.8. The van der Waals surface area contributed by atoms with E-state index in [9.17, 15) is 4.79 Å². The average Bonchev–Trinajstić information content (AvgIpc) is 3.06. The Morgan fingerprint density at radius 1 is 0.950 bits per heavy atom. The van der Waals surface area contributed by atoms with E-state index < -0.39 is 30.6 Å². The number of carbonyl (C=O) groups is 1. The van der Waals surface area contributed by atoms with Crippen molar-refractivity contribution in [1.29, 1.82) is 0 Å². The van der Waals surface area contributed by atoms with E-state index in [1.807, 2.05) is 0 Å². The number of rotatable bonds is 9. The predicted molar refractivity (Wildman–Crippen MR) is 171 cm³/mol. The number of Topliss-reactive ketones (excluding diaryl/α,β-unsaturated/α-hetero) is 1. The van der Waals surface area contributed by atoms with E-state index in [-0.39, 0.29) is 22.9 Å². The lowest BCUT2D eigenvalue weighted by Crippen LogP contribution is -2.66. The normalized spacial score (nSPS) is 38.4. The lowest BCUT2D eigenvalue weighted by molar-refractivity contribution is -0.176. The minimum absolute atomic E-state index is 0.0759. The molecule has 0 radical (unpaired) electrons. The van der Waals surface area contributed by atoms with Crippen LogP contribution in [0.5, 0.6) is 0 Å². The monoisotopic (exact) mass is 607 g/mol. The van der Waals surface area contributed by atoms with Crippen LogP contribution in [0.15, 0.2) is 16.8 Å². The summed E-state index contributed by atoms with van der Waals surface area (Å²) in [6.07, 6.45) is 8.64. The summed E-state index contributed by atoms with van der Waals surface area (Å²) < 4.78 is 21.1. The molecule has 0 spiro atoms. The Hall–Kier alpha value is -0.589. The topological polar surface area (TPSA) is 66.4 Å². The largest absolute Gasteiger partial charge is 0.415 e. The minimum atomic E-state index is -2.01. The van der Waals surface area contributed by atoms with Crippen LogP contribution in [0.2, 0.25) is 58.9 Å².